The molecule has 0 radical (unpaired) electrons. The van der Waals surface area contributed by atoms with Crippen molar-refractivity contribution in [3.05, 3.63) is 59.5 Å². The zero-order valence-corrected chi connectivity index (χ0v) is 16.7. The van der Waals surface area contributed by atoms with Crippen LogP contribution in [0.3, 0.4) is 0 Å². The SMILES string of the molecule is C[C@@H](Nc1cnnc2ccc(N3CC4CCC3CO4)cc12)c1cccc(C#N)c1F. The molecule has 3 atom stereocenters. The number of morpholine rings is 1. The van der Waals surface area contributed by atoms with E-state index in [0.717, 1.165) is 48.3 Å². The normalized spacial score (nSPS) is 21.4. The molecule has 3 saturated heterocycles. The minimum absolute atomic E-state index is 0.0449. The number of anilines is 2. The van der Waals surface area contributed by atoms with Gasteiger partial charge >= 0.3 is 0 Å². The molecule has 3 fully saturated rings. The van der Waals surface area contributed by atoms with Crippen molar-refractivity contribution in [2.24, 2.45) is 0 Å². The van der Waals surface area contributed by atoms with Crippen molar-refractivity contribution in [2.75, 3.05) is 23.4 Å². The topological polar surface area (TPSA) is 74.1 Å². The van der Waals surface area contributed by atoms with E-state index < -0.39 is 5.82 Å². The van der Waals surface area contributed by atoms with Crippen molar-refractivity contribution in [3.63, 3.8) is 0 Å². The van der Waals surface area contributed by atoms with Gasteiger partial charge in [-0.1, -0.05) is 12.1 Å². The van der Waals surface area contributed by atoms with Crippen LogP contribution < -0.4 is 10.2 Å². The molecule has 0 aliphatic carbocycles. The lowest BCUT2D eigenvalue weighted by molar-refractivity contribution is -0.0225. The lowest BCUT2D eigenvalue weighted by Crippen LogP contribution is -2.54. The summed E-state index contributed by atoms with van der Waals surface area (Å²) in [6.45, 7) is 3.55. The number of ether oxygens (including phenoxy) is 1. The van der Waals surface area contributed by atoms with Crippen molar-refractivity contribution >= 4 is 22.3 Å². The molecule has 0 amide bonds. The van der Waals surface area contributed by atoms with Gasteiger partial charge in [-0.2, -0.15) is 15.5 Å². The molecular weight excluding hydrogens is 381 g/mol. The number of hydrogen-bond donors (Lipinski definition) is 1. The van der Waals surface area contributed by atoms with E-state index in [1.807, 2.05) is 19.1 Å². The fourth-order valence-corrected chi connectivity index (χ4v) is 4.49. The first kappa shape index (κ1) is 18.8. The molecule has 2 unspecified atom stereocenters. The summed E-state index contributed by atoms with van der Waals surface area (Å²) >= 11 is 0. The average molecular weight is 403 g/mol. The second kappa shape index (κ2) is 7.54. The number of fused-ring (bicyclic) bond motifs is 4. The van der Waals surface area contributed by atoms with E-state index in [9.17, 15) is 4.39 Å². The maximum absolute atomic E-state index is 14.6. The summed E-state index contributed by atoms with van der Waals surface area (Å²) in [5.41, 5.74) is 3.20. The van der Waals surface area contributed by atoms with Crippen molar-refractivity contribution in [3.8, 4) is 6.07 Å². The second-order valence-electron chi connectivity index (χ2n) is 7.99. The van der Waals surface area contributed by atoms with Crippen LogP contribution in [0.25, 0.3) is 10.9 Å². The van der Waals surface area contributed by atoms with Crippen LogP contribution in [-0.2, 0) is 4.74 Å². The molecule has 1 aromatic heterocycles. The third-order valence-electron chi connectivity index (χ3n) is 6.13. The molecule has 6 rings (SSSR count). The zero-order chi connectivity index (χ0) is 20.7. The van der Waals surface area contributed by atoms with Gasteiger partial charge in [0.1, 0.15) is 11.9 Å². The summed E-state index contributed by atoms with van der Waals surface area (Å²) in [5, 5.41) is 21.8. The Bertz CT molecular complexity index is 1140. The standard InChI is InChI=1S/C23H22FN5O/c1-14(19-4-2-3-15(10-25)23(19)24)27-22-11-26-28-21-8-6-16(9-20(21)22)29-12-18-7-5-17(29)13-30-18/h2-4,6,8-9,11,14,17-18H,5,7,12-13H2,1H3,(H,27,28)/t14-,17?,18?/m1/s1. The molecule has 2 aromatic carbocycles. The number of nitrogens with zero attached hydrogens (tertiary/aromatic N) is 4. The summed E-state index contributed by atoms with van der Waals surface area (Å²) in [6.07, 6.45) is 4.24. The smallest absolute Gasteiger partial charge is 0.146 e. The Morgan fingerprint density at radius 2 is 2.20 bits per heavy atom. The van der Waals surface area contributed by atoms with Crippen LogP contribution in [-0.4, -0.2) is 35.5 Å². The van der Waals surface area contributed by atoms with Crippen molar-refractivity contribution in [2.45, 2.75) is 38.0 Å². The summed E-state index contributed by atoms with van der Waals surface area (Å²) in [5.74, 6) is -0.489. The first-order chi connectivity index (χ1) is 14.6. The number of aromatic nitrogens is 2. The van der Waals surface area contributed by atoms with Gasteiger partial charge in [-0.05, 0) is 44.0 Å². The molecule has 6 nitrogen and oxygen atoms in total. The quantitative estimate of drug-likeness (QED) is 0.704. The number of nitriles is 1. The first-order valence-corrected chi connectivity index (χ1v) is 10.2. The minimum atomic E-state index is -0.489. The Labute approximate surface area is 174 Å². The Morgan fingerprint density at radius 3 is 2.93 bits per heavy atom. The van der Waals surface area contributed by atoms with Gasteiger partial charge in [-0.3, -0.25) is 0 Å². The number of benzene rings is 2. The van der Waals surface area contributed by atoms with Crippen LogP contribution in [0, 0.1) is 17.1 Å². The Balaban J connectivity index is 1.48. The molecule has 3 aliphatic heterocycles. The van der Waals surface area contributed by atoms with E-state index in [1.165, 1.54) is 6.07 Å². The molecule has 3 aromatic rings. The molecule has 30 heavy (non-hydrogen) atoms. The molecule has 1 N–H and O–H groups in total. The van der Waals surface area contributed by atoms with Gasteiger partial charge in [0, 0.05) is 23.2 Å². The van der Waals surface area contributed by atoms with Gasteiger partial charge in [0.25, 0.3) is 0 Å². The van der Waals surface area contributed by atoms with Crippen molar-refractivity contribution in [1.82, 2.24) is 10.2 Å². The number of hydrogen-bond acceptors (Lipinski definition) is 6. The number of piperidine rings is 1. The van der Waals surface area contributed by atoms with Crippen molar-refractivity contribution < 1.29 is 9.13 Å². The lowest BCUT2D eigenvalue weighted by Gasteiger charge is -2.46. The monoisotopic (exact) mass is 403 g/mol. The van der Waals surface area contributed by atoms with E-state index in [1.54, 1.807) is 18.3 Å². The lowest BCUT2D eigenvalue weighted by atomic mass is 9.96. The van der Waals surface area contributed by atoms with Gasteiger partial charge in [-0.15, -0.1) is 0 Å². The highest BCUT2D eigenvalue weighted by Gasteiger charge is 2.34. The third kappa shape index (κ3) is 3.23. The summed E-state index contributed by atoms with van der Waals surface area (Å²) in [7, 11) is 0. The average Bonchev–Trinajstić information content (AvgIpc) is 2.80. The maximum Gasteiger partial charge on any atom is 0.146 e. The van der Waals surface area contributed by atoms with E-state index in [2.05, 4.69) is 32.5 Å². The molecule has 0 spiro atoms. The van der Waals surface area contributed by atoms with Gasteiger partial charge in [0.2, 0.25) is 0 Å². The maximum atomic E-state index is 14.6. The second-order valence-corrected chi connectivity index (χ2v) is 7.99. The fraction of sp³-hybridized carbons (Fsp3) is 0.348. The predicted molar refractivity (Wildman–Crippen MR) is 113 cm³/mol. The third-order valence-corrected chi connectivity index (χ3v) is 6.13. The molecule has 3 aliphatic rings. The largest absolute Gasteiger partial charge is 0.377 e. The molecule has 4 heterocycles. The predicted octanol–water partition coefficient (Wildman–Crippen LogP) is 4.18. The number of nitrogens with one attached hydrogen (secondary N) is 1. The van der Waals surface area contributed by atoms with Crippen LogP contribution in [0.5, 0.6) is 0 Å². The first-order valence-electron chi connectivity index (χ1n) is 10.2. The molecule has 152 valence electrons. The van der Waals surface area contributed by atoms with Crippen molar-refractivity contribution in [1.29, 1.82) is 5.26 Å². The molecule has 2 bridgehead atoms. The molecule has 7 heteroatoms. The summed E-state index contributed by atoms with van der Waals surface area (Å²) < 4.78 is 20.5. The highest BCUT2D eigenvalue weighted by Crippen LogP contribution is 2.34. The highest BCUT2D eigenvalue weighted by atomic mass is 19.1. The Kier molecular flexibility index (Phi) is 4.72. The molecular formula is C23H22FN5O. The van der Waals surface area contributed by atoms with Crippen LogP contribution in [0.1, 0.15) is 36.9 Å². The van der Waals surface area contributed by atoms with Crippen LogP contribution in [0.2, 0.25) is 0 Å². The summed E-state index contributed by atoms with van der Waals surface area (Å²) in [4.78, 5) is 2.42. The van der Waals surface area contributed by atoms with E-state index in [-0.39, 0.29) is 11.6 Å². The van der Waals surface area contributed by atoms with Crippen LogP contribution in [0.4, 0.5) is 15.8 Å². The zero-order valence-electron chi connectivity index (χ0n) is 16.7. The van der Waals surface area contributed by atoms with Crippen LogP contribution in [0.15, 0.2) is 42.6 Å². The number of halogens is 1. The Morgan fingerprint density at radius 1 is 1.30 bits per heavy atom. The Hall–Kier alpha value is -3.24. The van der Waals surface area contributed by atoms with Gasteiger partial charge in [0.15, 0.2) is 0 Å². The highest BCUT2D eigenvalue weighted by molar-refractivity contribution is 5.93. The van der Waals surface area contributed by atoms with E-state index in [4.69, 9.17) is 10.00 Å². The summed E-state index contributed by atoms with van der Waals surface area (Å²) in [6, 6.07) is 13.0. The van der Waals surface area contributed by atoms with Gasteiger partial charge in [-0.25, -0.2) is 4.39 Å². The van der Waals surface area contributed by atoms with E-state index >= 15 is 0 Å². The van der Waals surface area contributed by atoms with Gasteiger partial charge in [0.05, 0.1) is 47.8 Å². The minimum Gasteiger partial charge on any atom is -0.377 e. The fourth-order valence-electron chi connectivity index (χ4n) is 4.49. The number of rotatable bonds is 4. The van der Waals surface area contributed by atoms with Gasteiger partial charge < -0.3 is 15.0 Å². The van der Waals surface area contributed by atoms with E-state index in [0.29, 0.717) is 17.7 Å². The van der Waals surface area contributed by atoms with Crippen LogP contribution >= 0.6 is 0 Å². The molecule has 0 saturated carbocycles.